The molecule has 0 saturated heterocycles. The number of allylic oxidation sites excluding steroid dienone is 2. The van der Waals surface area contributed by atoms with Gasteiger partial charge >= 0.3 is 0 Å². The normalized spacial score (nSPS) is 16.6. The van der Waals surface area contributed by atoms with Crippen molar-refractivity contribution in [3.05, 3.63) is 188 Å². The van der Waals surface area contributed by atoms with Gasteiger partial charge in [-0.25, -0.2) is 0 Å². The van der Waals surface area contributed by atoms with E-state index < -0.39 is 10.8 Å². The van der Waals surface area contributed by atoms with Crippen LogP contribution in [0, 0.1) is 0 Å². The molecule has 10 rings (SSSR count). The van der Waals surface area contributed by atoms with Gasteiger partial charge in [-0.2, -0.15) is 0 Å². The molecule has 2 heteroatoms. The van der Waals surface area contributed by atoms with Gasteiger partial charge in [-0.15, -0.1) is 0 Å². The maximum Gasteiger partial charge on any atom is 0.0728 e. The summed E-state index contributed by atoms with van der Waals surface area (Å²) >= 11 is 13.8. The van der Waals surface area contributed by atoms with E-state index in [1.807, 2.05) is 0 Å². The maximum absolute atomic E-state index is 6.90. The van der Waals surface area contributed by atoms with Gasteiger partial charge in [-0.1, -0.05) is 132 Å². The smallest absolute Gasteiger partial charge is 0.0728 e. The molecule has 0 unspecified atom stereocenters. The minimum Gasteiger partial charge on any atom is -0.0843 e. The third kappa shape index (κ3) is 2.39. The summed E-state index contributed by atoms with van der Waals surface area (Å²) in [6.45, 7) is 0. The summed E-state index contributed by atoms with van der Waals surface area (Å²) in [6.07, 6.45) is 0. The fraction of sp³-hybridized carbons (Fsp3) is 0.0500. The summed E-state index contributed by atoms with van der Waals surface area (Å²) in [4.78, 5) is 0. The zero-order chi connectivity index (χ0) is 27.8. The van der Waals surface area contributed by atoms with E-state index in [-0.39, 0.29) is 0 Å². The minimum atomic E-state index is -0.488. The highest BCUT2D eigenvalue weighted by atomic mass is 35.5. The zero-order valence-corrected chi connectivity index (χ0v) is 24.0. The van der Waals surface area contributed by atoms with Gasteiger partial charge in [0.25, 0.3) is 0 Å². The first kappa shape index (κ1) is 23.2. The average Bonchev–Trinajstić information content (AvgIpc) is 3.69. The van der Waals surface area contributed by atoms with Gasteiger partial charge in [0.05, 0.1) is 10.8 Å². The lowest BCUT2D eigenvalue weighted by molar-refractivity contribution is 0.826. The molecule has 0 aliphatic heterocycles. The molecule has 0 aromatic heterocycles. The van der Waals surface area contributed by atoms with Crippen molar-refractivity contribution in [2.75, 3.05) is 0 Å². The van der Waals surface area contributed by atoms with Crippen LogP contribution in [0.5, 0.6) is 0 Å². The van der Waals surface area contributed by atoms with E-state index in [1.165, 1.54) is 77.9 Å². The Labute approximate surface area is 254 Å². The Bertz CT molecular complexity index is 1980. The Morgan fingerprint density at radius 3 is 0.929 bits per heavy atom. The molecule has 0 nitrogen and oxygen atoms in total. The SMILES string of the molecule is Clc1ccc2c(c1)C1=C(c3cc(Cl)ccc3C13c1ccccc1-c1ccccc13)C21c2ccccc2-c2ccccc21. The first-order chi connectivity index (χ1) is 20.7. The van der Waals surface area contributed by atoms with Gasteiger partial charge in [-0.3, -0.25) is 0 Å². The molecule has 6 aromatic rings. The zero-order valence-electron chi connectivity index (χ0n) is 22.5. The van der Waals surface area contributed by atoms with E-state index in [0.717, 1.165) is 10.0 Å². The molecule has 0 fully saturated rings. The Morgan fingerprint density at radius 2 is 0.595 bits per heavy atom. The van der Waals surface area contributed by atoms with Crippen molar-refractivity contribution in [1.29, 1.82) is 0 Å². The standard InChI is InChI=1S/C40H22Cl2/c41-23-17-19-35-29(21-23)38-37(39(35)31-13-5-1-9-25(31)26-10-2-6-14-32(26)39)30-22-24(42)18-20-36(30)40(38)33-15-7-3-11-27(33)28-12-4-8-16-34(28)40/h1-22H. The van der Waals surface area contributed by atoms with Crippen LogP contribution in [-0.4, -0.2) is 0 Å². The monoisotopic (exact) mass is 572 g/mol. The highest BCUT2D eigenvalue weighted by Gasteiger charge is 2.63. The molecule has 2 spiro atoms. The fourth-order valence-corrected chi connectivity index (χ4v) is 9.35. The predicted octanol–water partition coefficient (Wildman–Crippen LogP) is 10.6. The Hall–Kier alpha value is -4.36. The lowest BCUT2D eigenvalue weighted by atomic mass is 9.66. The summed E-state index contributed by atoms with van der Waals surface area (Å²) < 4.78 is 0. The molecule has 6 aromatic carbocycles. The van der Waals surface area contributed by atoms with Gasteiger partial charge in [0, 0.05) is 10.0 Å². The number of hydrogen-bond acceptors (Lipinski definition) is 0. The molecular weight excluding hydrogens is 551 g/mol. The van der Waals surface area contributed by atoms with Gasteiger partial charge in [0.2, 0.25) is 0 Å². The van der Waals surface area contributed by atoms with E-state index in [0.29, 0.717) is 0 Å². The molecule has 0 saturated carbocycles. The van der Waals surface area contributed by atoms with Crippen molar-refractivity contribution >= 4 is 34.3 Å². The van der Waals surface area contributed by atoms with Crippen LogP contribution < -0.4 is 0 Å². The lowest BCUT2D eigenvalue weighted by Gasteiger charge is -2.34. The summed E-state index contributed by atoms with van der Waals surface area (Å²) in [5, 5.41) is 1.50. The summed E-state index contributed by atoms with van der Waals surface area (Å²) in [5.41, 5.74) is 17.2. The molecule has 0 radical (unpaired) electrons. The summed E-state index contributed by atoms with van der Waals surface area (Å²) in [5.74, 6) is 0. The van der Waals surface area contributed by atoms with Crippen molar-refractivity contribution in [3.8, 4) is 22.3 Å². The van der Waals surface area contributed by atoms with Crippen LogP contribution in [0.15, 0.2) is 133 Å². The number of benzene rings is 6. The highest BCUT2D eigenvalue weighted by molar-refractivity contribution is 6.32. The minimum absolute atomic E-state index is 0.488. The third-order valence-corrected chi connectivity index (χ3v) is 10.7. The Morgan fingerprint density at radius 1 is 0.310 bits per heavy atom. The van der Waals surface area contributed by atoms with Crippen LogP contribution in [0.2, 0.25) is 10.0 Å². The number of hydrogen-bond donors (Lipinski definition) is 0. The first-order valence-corrected chi connectivity index (χ1v) is 15.2. The average molecular weight is 574 g/mol. The van der Waals surface area contributed by atoms with Crippen molar-refractivity contribution < 1.29 is 0 Å². The van der Waals surface area contributed by atoms with Crippen LogP contribution in [-0.2, 0) is 10.8 Å². The Kier molecular flexibility index (Phi) is 4.27. The van der Waals surface area contributed by atoms with Crippen molar-refractivity contribution in [2.45, 2.75) is 10.8 Å². The predicted molar refractivity (Wildman–Crippen MR) is 173 cm³/mol. The first-order valence-electron chi connectivity index (χ1n) is 14.4. The Balaban J connectivity index is 1.49. The van der Waals surface area contributed by atoms with E-state index in [4.69, 9.17) is 23.2 Å². The highest BCUT2D eigenvalue weighted by Crippen LogP contribution is 2.74. The molecule has 4 aliphatic carbocycles. The van der Waals surface area contributed by atoms with Crippen LogP contribution in [0.3, 0.4) is 0 Å². The van der Waals surface area contributed by atoms with Crippen LogP contribution in [0.1, 0.15) is 44.5 Å². The molecule has 42 heavy (non-hydrogen) atoms. The molecule has 0 amide bonds. The van der Waals surface area contributed by atoms with Crippen LogP contribution >= 0.6 is 23.2 Å². The van der Waals surface area contributed by atoms with Gasteiger partial charge < -0.3 is 0 Å². The van der Waals surface area contributed by atoms with E-state index in [2.05, 4.69) is 133 Å². The van der Waals surface area contributed by atoms with Crippen LogP contribution in [0.4, 0.5) is 0 Å². The van der Waals surface area contributed by atoms with Crippen molar-refractivity contribution in [1.82, 2.24) is 0 Å². The quantitative estimate of drug-likeness (QED) is 0.170. The van der Waals surface area contributed by atoms with Crippen molar-refractivity contribution in [2.24, 2.45) is 0 Å². The molecule has 0 bridgehead atoms. The van der Waals surface area contributed by atoms with Crippen LogP contribution in [0.25, 0.3) is 33.4 Å². The molecule has 4 aliphatic rings. The number of fused-ring (bicyclic) bond motifs is 18. The van der Waals surface area contributed by atoms with E-state index in [1.54, 1.807) is 0 Å². The molecule has 196 valence electrons. The number of rotatable bonds is 0. The van der Waals surface area contributed by atoms with E-state index in [9.17, 15) is 0 Å². The van der Waals surface area contributed by atoms with E-state index >= 15 is 0 Å². The van der Waals surface area contributed by atoms with Gasteiger partial charge in [0.15, 0.2) is 0 Å². The van der Waals surface area contributed by atoms with Gasteiger partial charge in [0.1, 0.15) is 0 Å². The second-order valence-corrected chi connectivity index (χ2v) is 12.7. The molecule has 0 atom stereocenters. The summed E-state index contributed by atoms with van der Waals surface area (Å²) in [7, 11) is 0. The number of halogens is 2. The topological polar surface area (TPSA) is 0 Å². The maximum atomic E-state index is 6.90. The van der Waals surface area contributed by atoms with Crippen molar-refractivity contribution in [3.63, 3.8) is 0 Å². The van der Waals surface area contributed by atoms with Gasteiger partial charge in [-0.05, 0) is 102 Å². The third-order valence-electron chi connectivity index (χ3n) is 10.2. The summed E-state index contributed by atoms with van der Waals surface area (Å²) in [6, 6.07) is 48.9. The molecular formula is C40H22Cl2. The second-order valence-electron chi connectivity index (χ2n) is 11.8. The molecule has 0 N–H and O–H groups in total. The fourth-order valence-electron chi connectivity index (χ4n) is 9.01. The second kappa shape index (κ2) is 7.72. The lowest BCUT2D eigenvalue weighted by Crippen LogP contribution is -2.28. The molecule has 0 heterocycles. The largest absolute Gasteiger partial charge is 0.0843 e.